The van der Waals surface area contributed by atoms with E-state index in [0.29, 0.717) is 34.7 Å². The molecule has 0 saturated carbocycles. The Balaban J connectivity index is 1.92. The Morgan fingerprint density at radius 3 is 2.24 bits per heavy atom. The average Bonchev–Trinajstić information content (AvgIpc) is 2.61. The van der Waals surface area contributed by atoms with E-state index in [0.717, 1.165) is 0 Å². The number of rotatable bonds is 7. The van der Waals surface area contributed by atoms with E-state index < -0.39 is 0 Å². The summed E-state index contributed by atoms with van der Waals surface area (Å²) in [4.78, 5) is 34.0. The van der Waals surface area contributed by atoms with E-state index in [2.05, 4.69) is 10.6 Å². The zero-order valence-electron chi connectivity index (χ0n) is 13.9. The van der Waals surface area contributed by atoms with Gasteiger partial charge in [-0.3, -0.25) is 14.4 Å². The molecule has 0 saturated heterocycles. The number of nitrogens with one attached hydrogen (secondary N) is 2. The quantitative estimate of drug-likeness (QED) is 0.754. The van der Waals surface area contributed by atoms with E-state index in [1.807, 2.05) is 0 Å². The van der Waals surface area contributed by atoms with E-state index in [-0.39, 0.29) is 18.4 Å². The largest absolute Gasteiger partial charge is 0.497 e. The van der Waals surface area contributed by atoms with E-state index in [9.17, 15) is 14.4 Å². The summed E-state index contributed by atoms with van der Waals surface area (Å²) in [6, 6.07) is 11.4. The summed E-state index contributed by atoms with van der Waals surface area (Å²) < 4.78 is 10.4. The van der Waals surface area contributed by atoms with Gasteiger partial charge in [-0.05, 0) is 42.5 Å². The first-order chi connectivity index (χ1) is 12.0. The summed E-state index contributed by atoms with van der Waals surface area (Å²) in [5, 5.41) is 5.30. The Hall–Kier alpha value is -3.35. The number of benzene rings is 2. The van der Waals surface area contributed by atoms with Gasteiger partial charge in [0.15, 0.2) is 12.9 Å². The number of methoxy groups -OCH3 is 1. The van der Waals surface area contributed by atoms with Crippen LogP contribution in [0.3, 0.4) is 0 Å². The molecule has 2 N–H and O–H groups in total. The number of carbonyl (C=O) groups excluding carboxylic acids is 3. The van der Waals surface area contributed by atoms with E-state index in [4.69, 9.17) is 9.47 Å². The second kappa shape index (κ2) is 8.49. The molecule has 2 rings (SSSR count). The van der Waals surface area contributed by atoms with Crippen molar-refractivity contribution in [3.05, 3.63) is 48.0 Å². The van der Waals surface area contributed by atoms with Crippen LogP contribution < -0.4 is 20.1 Å². The fraction of sp³-hybridized carbons (Fsp3) is 0.167. The van der Waals surface area contributed by atoms with Crippen LogP contribution in [-0.2, 0) is 9.59 Å². The van der Waals surface area contributed by atoms with E-state index in [1.54, 1.807) is 36.4 Å². The number of anilines is 2. The molecule has 7 nitrogen and oxygen atoms in total. The summed E-state index contributed by atoms with van der Waals surface area (Å²) in [6.07, 6.45) is 0.635. The molecule has 2 aromatic carbocycles. The second-order valence-corrected chi connectivity index (χ2v) is 5.12. The molecule has 7 heteroatoms. The van der Waals surface area contributed by atoms with Crippen LogP contribution in [0.1, 0.15) is 17.3 Å². The zero-order valence-corrected chi connectivity index (χ0v) is 13.9. The molecule has 0 aromatic heterocycles. The standard InChI is InChI=1S/C18H18N2O5/c1-12(22)19-14-3-5-15(6-4-14)20-18(23)11-25-17-8-7-16(24-2)9-13(17)10-21/h3-10H,11H2,1-2H3,(H,19,22)(H,20,23). The van der Waals surface area contributed by atoms with Gasteiger partial charge in [-0.1, -0.05) is 0 Å². The third-order valence-corrected chi connectivity index (χ3v) is 3.19. The minimum atomic E-state index is -0.375. The minimum Gasteiger partial charge on any atom is -0.497 e. The number of hydrogen-bond donors (Lipinski definition) is 2. The molecule has 25 heavy (non-hydrogen) atoms. The Labute approximate surface area is 144 Å². The van der Waals surface area contributed by atoms with Crippen molar-refractivity contribution in [2.24, 2.45) is 0 Å². The van der Waals surface area contributed by atoms with Gasteiger partial charge in [-0.15, -0.1) is 0 Å². The first kappa shape index (κ1) is 18.0. The van der Waals surface area contributed by atoms with Crippen LogP contribution >= 0.6 is 0 Å². The smallest absolute Gasteiger partial charge is 0.262 e. The molecular weight excluding hydrogens is 324 g/mol. The lowest BCUT2D eigenvalue weighted by atomic mass is 10.2. The molecule has 0 unspecified atom stereocenters. The van der Waals surface area contributed by atoms with Crippen molar-refractivity contribution in [2.45, 2.75) is 6.92 Å². The molecule has 2 amide bonds. The number of aldehydes is 1. The lowest BCUT2D eigenvalue weighted by Crippen LogP contribution is -2.20. The fourth-order valence-corrected chi connectivity index (χ4v) is 2.06. The van der Waals surface area contributed by atoms with Gasteiger partial charge >= 0.3 is 0 Å². The van der Waals surface area contributed by atoms with Crippen LogP contribution in [0.25, 0.3) is 0 Å². The Kier molecular flexibility index (Phi) is 6.11. The Morgan fingerprint density at radius 1 is 1.04 bits per heavy atom. The molecule has 0 radical (unpaired) electrons. The van der Waals surface area contributed by atoms with Crippen molar-refractivity contribution < 1.29 is 23.9 Å². The highest BCUT2D eigenvalue weighted by molar-refractivity contribution is 5.93. The lowest BCUT2D eigenvalue weighted by Gasteiger charge is -2.10. The fourth-order valence-electron chi connectivity index (χ4n) is 2.06. The van der Waals surface area contributed by atoms with Gasteiger partial charge in [-0.2, -0.15) is 0 Å². The van der Waals surface area contributed by atoms with Crippen LogP contribution in [0.5, 0.6) is 11.5 Å². The number of hydrogen-bond acceptors (Lipinski definition) is 5. The van der Waals surface area contributed by atoms with Gasteiger partial charge in [-0.25, -0.2) is 0 Å². The van der Waals surface area contributed by atoms with Crippen LogP contribution in [-0.4, -0.2) is 31.8 Å². The Bertz CT molecular complexity index is 772. The highest BCUT2D eigenvalue weighted by Gasteiger charge is 2.08. The van der Waals surface area contributed by atoms with E-state index in [1.165, 1.54) is 20.1 Å². The highest BCUT2D eigenvalue weighted by Crippen LogP contribution is 2.22. The molecule has 0 aliphatic heterocycles. The van der Waals surface area contributed by atoms with Gasteiger partial charge in [0.2, 0.25) is 5.91 Å². The zero-order chi connectivity index (χ0) is 18.2. The Morgan fingerprint density at radius 2 is 1.68 bits per heavy atom. The van der Waals surface area contributed by atoms with Gasteiger partial charge in [0.1, 0.15) is 11.5 Å². The summed E-state index contributed by atoms with van der Waals surface area (Å²) in [7, 11) is 1.50. The average molecular weight is 342 g/mol. The molecule has 0 aliphatic carbocycles. The monoisotopic (exact) mass is 342 g/mol. The summed E-state index contributed by atoms with van der Waals surface area (Å²) in [5.74, 6) is 0.278. The van der Waals surface area contributed by atoms with Crippen LogP contribution in [0.2, 0.25) is 0 Å². The molecule has 0 heterocycles. The van der Waals surface area contributed by atoms with Crippen molar-refractivity contribution in [1.29, 1.82) is 0 Å². The van der Waals surface area contributed by atoms with Crippen molar-refractivity contribution in [2.75, 3.05) is 24.4 Å². The summed E-state index contributed by atoms with van der Waals surface area (Å²) >= 11 is 0. The lowest BCUT2D eigenvalue weighted by molar-refractivity contribution is -0.118. The van der Waals surface area contributed by atoms with Gasteiger partial charge in [0, 0.05) is 18.3 Å². The topological polar surface area (TPSA) is 93.7 Å². The SMILES string of the molecule is COc1ccc(OCC(=O)Nc2ccc(NC(C)=O)cc2)c(C=O)c1. The molecular formula is C18H18N2O5. The van der Waals surface area contributed by atoms with Gasteiger partial charge in [0.05, 0.1) is 12.7 Å². The van der Waals surface area contributed by atoms with Crippen LogP contribution in [0.4, 0.5) is 11.4 Å². The minimum absolute atomic E-state index is 0.171. The predicted octanol–water partition coefficient (Wildman–Crippen LogP) is 2.48. The maximum absolute atomic E-state index is 12.0. The summed E-state index contributed by atoms with van der Waals surface area (Å²) in [5.41, 5.74) is 1.50. The maximum Gasteiger partial charge on any atom is 0.262 e. The molecule has 0 atom stereocenters. The van der Waals surface area contributed by atoms with Crippen molar-refractivity contribution in [3.63, 3.8) is 0 Å². The van der Waals surface area contributed by atoms with Crippen molar-refractivity contribution in [1.82, 2.24) is 0 Å². The number of ether oxygens (including phenoxy) is 2. The second-order valence-electron chi connectivity index (χ2n) is 5.12. The first-order valence-electron chi connectivity index (χ1n) is 7.45. The van der Waals surface area contributed by atoms with Gasteiger partial charge < -0.3 is 20.1 Å². The molecule has 0 fully saturated rings. The van der Waals surface area contributed by atoms with Crippen LogP contribution in [0.15, 0.2) is 42.5 Å². The predicted molar refractivity (Wildman–Crippen MR) is 93.3 cm³/mol. The van der Waals surface area contributed by atoms with Crippen LogP contribution in [0, 0.1) is 0 Å². The first-order valence-corrected chi connectivity index (χ1v) is 7.45. The number of carbonyl (C=O) groups is 3. The normalized spacial score (nSPS) is 9.84. The summed E-state index contributed by atoms with van der Waals surface area (Å²) in [6.45, 7) is 1.17. The third kappa shape index (κ3) is 5.35. The van der Waals surface area contributed by atoms with Crippen molar-refractivity contribution >= 4 is 29.5 Å². The highest BCUT2D eigenvalue weighted by atomic mass is 16.5. The molecule has 0 spiro atoms. The molecule has 130 valence electrons. The molecule has 0 aliphatic rings. The molecule has 0 bridgehead atoms. The number of amides is 2. The van der Waals surface area contributed by atoms with Gasteiger partial charge in [0.25, 0.3) is 5.91 Å². The maximum atomic E-state index is 12.0. The van der Waals surface area contributed by atoms with Crippen molar-refractivity contribution in [3.8, 4) is 11.5 Å². The third-order valence-electron chi connectivity index (χ3n) is 3.19. The molecule has 2 aromatic rings. The van der Waals surface area contributed by atoms with E-state index >= 15 is 0 Å².